The van der Waals surface area contributed by atoms with Gasteiger partial charge in [0.25, 0.3) is 0 Å². The summed E-state index contributed by atoms with van der Waals surface area (Å²) in [5.74, 6) is -0.277. The van der Waals surface area contributed by atoms with E-state index in [0.29, 0.717) is 11.7 Å². The molecule has 94 valence electrons. The fourth-order valence-corrected chi connectivity index (χ4v) is 2.66. The Morgan fingerprint density at radius 2 is 2.06 bits per heavy atom. The van der Waals surface area contributed by atoms with Crippen LogP contribution in [0.4, 0.5) is 15.8 Å². The Kier molecular flexibility index (Phi) is 3.27. The highest BCUT2D eigenvalue weighted by Crippen LogP contribution is 2.37. The van der Waals surface area contributed by atoms with Crippen molar-refractivity contribution in [1.29, 1.82) is 0 Å². The minimum atomic E-state index is -0.277. The summed E-state index contributed by atoms with van der Waals surface area (Å²) in [4.78, 5) is 0. The molecule has 2 nitrogen and oxygen atoms in total. The van der Waals surface area contributed by atoms with Crippen LogP contribution in [0.25, 0.3) is 0 Å². The van der Waals surface area contributed by atoms with Gasteiger partial charge in [-0.15, -0.1) is 0 Å². The van der Waals surface area contributed by atoms with E-state index < -0.39 is 0 Å². The maximum absolute atomic E-state index is 13.3. The van der Waals surface area contributed by atoms with Crippen molar-refractivity contribution in [2.24, 2.45) is 5.41 Å². The van der Waals surface area contributed by atoms with E-state index in [-0.39, 0.29) is 11.2 Å². The first-order chi connectivity index (χ1) is 7.97. The van der Waals surface area contributed by atoms with Gasteiger partial charge in [-0.1, -0.05) is 26.7 Å². The zero-order valence-corrected chi connectivity index (χ0v) is 10.6. The standard InChI is InChI=1S/C14H21FN2/c1-14(2)6-4-3-5-13(14)17-12-8-10(15)7-11(16)9-12/h7-9,13,17H,3-6,16H2,1-2H3. The second-order valence-corrected chi connectivity index (χ2v) is 5.70. The molecule has 1 aromatic carbocycles. The van der Waals surface area contributed by atoms with E-state index in [1.807, 2.05) is 0 Å². The largest absolute Gasteiger partial charge is 0.399 e. The highest BCUT2D eigenvalue weighted by atomic mass is 19.1. The maximum Gasteiger partial charge on any atom is 0.127 e. The van der Waals surface area contributed by atoms with Gasteiger partial charge >= 0.3 is 0 Å². The Hall–Kier alpha value is -1.25. The number of anilines is 2. The zero-order chi connectivity index (χ0) is 12.5. The number of halogens is 1. The molecule has 0 aliphatic heterocycles. The Bertz CT molecular complexity index is 381. The lowest BCUT2D eigenvalue weighted by atomic mass is 9.73. The predicted octanol–water partition coefficient (Wildman–Crippen LogP) is 3.79. The average Bonchev–Trinajstić information content (AvgIpc) is 2.19. The van der Waals surface area contributed by atoms with Crippen LogP contribution in [0.3, 0.4) is 0 Å². The van der Waals surface area contributed by atoms with Crippen molar-refractivity contribution in [2.75, 3.05) is 11.1 Å². The summed E-state index contributed by atoms with van der Waals surface area (Å²) in [6.07, 6.45) is 4.89. The number of benzene rings is 1. The number of nitrogen functional groups attached to an aromatic ring is 1. The van der Waals surface area contributed by atoms with Crippen molar-refractivity contribution in [2.45, 2.75) is 45.6 Å². The number of rotatable bonds is 2. The van der Waals surface area contributed by atoms with Gasteiger partial charge in [0.05, 0.1) is 0 Å². The van der Waals surface area contributed by atoms with Gasteiger partial charge in [-0.3, -0.25) is 0 Å². The Balaban J connectivity index is 2.14. The molecule has 3 N–H and O–H groups in total. The minimum absolute atomic E-state index is 0.263. The normalized spacial score (nSPS) is 23.4. The summed E-state index contributed by atoms with van der Waals surface area (Å²) in [7, 11) is 0. The van der Waals surface area contributed by atoms with Gasteiger partial charge < -0.3 is 11.1 Å². The van der Waals surface area contributed by atoms with Crippen LogP contribution in [0, 0.1) is 11.2 Å². The van der Waals surface area contributed by atoms with E-state index >= 15 is 0 Å². The van der Waals surface area contributed by atoms with Crippen molar-refractivity contribution in [3.05, 3.63) is 24.0 Å². The molecule has 0 amide bonds. The number of hydrogen-bond acceptors (Lipinski definition) is 2. The lowest BCUT2D eigenvalue weighted by molar-refractivity contribution is 0.217. The molecule has 0 aromatic heterocycles. The minimum Gasteiger partial charge on any atom is -0.399 e. The molecule has 1 atom stereocenters. The van der Waals surface area contributed by atoms with Crippen molar-refractivity contribution in [1.82, 2.24) is 0 Å². The van der Waals surface area contributed by atoms with Crippen molar-refractivity contribution in [3.8, 4) is 0 Å². The van der Waals surface area contributed by atoms with Crippen LogP contribution in [-0.2, 0) is 0 Å². The number of hydrogen-bond donors (Lipinski definition) is 2. The zero-order valence-electron chi connectivity index (χ0n) is 10.6. The average molecular weight is 236 g/mol. The molecule has 2 rings (SSSR count). The third-order valence-corrected chi connectivity index (χ3v) is 3.77. The smallest absolute Gasteiger partial charge is 0.127 e. The molecule has 1 saturated carbocycles. The first kappa shape index (κ1) is 12.2. The van der Waals surface area contributed by atoms with Crippen LogP contribution in [0.5, 0.6) is 0 Å². The molecule has 3 heteroatoms. The topological polar surface area (TPSA) is 38.0 Å². The van der Waals surface area contributed by atoms with Crippen LogP contribution >= 0.6 is 0 Å². The van der Waals surface area contributed by atoms with Gasteiger partial charge in [0.2, 0.25) is 0 Å². The fourth-order valence-electron chi connectivity index (χ4n) is 2.66. The third-order valence-electron chi connectivity index (χ3n) is 3.77. The second-order valence-electron chi connectivity index (χ2n) is 5.70. The highest BCUT2D eigenvalue weighted by Gasteiger charge is 2.31. The molecule has 1 unspecified atom stereocenters. The van der Waals surface area contributed by atoms with Crippen LogP contribution in [0.1, 0.15) is 39.5 Å². The molecule has 17 heavy (non-hydrogen) atoms. The fraction of sp³-hybridized carbons (Fsp3) is 0.571. The molecule has 0 bridgehead atoms. The Labute approximate surface area is 102 Å². The molecule has 1 fully saturated rings. The summed E-state index contributed by atoms with van der Waals surface area (Å²) in [5.41, 5.74) is 7.18. The van der Waals surface area contributed by atoms with Crippen LogP contribution in [0.15, 0.2) is 18.2 Å². The summed E-state index contributed by atoms with van der Waals surface area (Å²) in [6.45, 7) is 4.54. The lowest BCUT2D eigenvalue weighted by Gasteiger charge is -2.39. The molecule has 0 radical (unpaired) electrons. The first-order valence-electron chi connectivity index (χ1n) is 6.30. The summed E-state index contributed by atoms with van der Waals surface area (Å²) in [6, 6.07) is 5.06. The molecule has 1 aliphatic rings. The monoisotopic (exact) mass is 236 g/mol. The van der Waals surface area contributed by atoms with Crippen molar-refractivity contribution >= 4 is 11.4 Å². The van der Waals surface area contributed by atoms with Gasteiger partial charge in [-0.2, -0.15) is 0 Å². The van der Waals surface area contributed by atoms with E-state index in [4.69, 9.17) is 5.73 Å². The van der Waals surface area contributed by atoms with E-state index in [9.17, 15) is 4.39 Å². The highest BCUT2D eigenvalue weighted by molar-refractivity contribution is 5.55. The van der Waals surface area contributed by atoms with E-state index in [0.717, 1.165) is 12.1 Å². The van der Waals surface area contributed by atoms with E-state index in [2.05, 4.69) is 19.2 Å². The van der Waals surface area contributed by atoms with Gasteiger partial charge in [0, 0.05) is 17.4 Å². The lowest BCUT2D eigenvalue weighted by Crippen LogP contribution is -2.38. The van der Waals surface area contributed by atoms with E-state index in [1.54, 1.807) is 6.07 Å². The van der Waals surface area contributed by atoms with Crippen molar-refractivity contribution in [3.63, 3.8) is 0 Å². The molecule has 0 heterocycles. The molecule has 0 spiro atoms. The van der Waals surface area contributed by atoms with Gasteiger partial charge in [0.1, 0.15) is 5.82 Å². The van der Waals surface area contributed by atoms with Crippen LogP contribution in [-0.4, -0.2) is 6.04 Å². The Morgan fingerprint density at radius 1 is 1.29 bits per heavy atom. The summed E-state index contributed by atoms with van der Waals surface area (Å²) >= 11 is 0. The second kappa shape index (κ2) is 4.55. The predicted molar refractivity (Wildman–Crippen MR) is 70.5 cm³/mol. The third kappa shape index (κ3) is 2.90. The SMILES string of the molecule is CC1(C)CCCCC1Nc1cc(N)cc(F)c1. The van der Waals surface area contributed by atoms with Gasteiger partial charge in [-0.25, -0.2) is 4.39 Å². The molecule has 0 saturated heterocycles. The maximum atomic E-state index is 13.3. The van der Waals surface area contributed by atoms with Crippen molar-refractivity contribution < 1.29 is 4.39 Å². The van der Waals surface area contributed by atoms with Crippen LogP contribution < -0.4 is 11.1 Å². The first-order valence-corrected chi connectivity index (χ1v) is 6.30. The molecule has 1 aliphatic carbocycles. The molecule has 1 aromatic rings. The molecular weight excluding hydrogens is 215 g/mol. The van der Waals surface area contributed by atoms with E-state index in [1.165, 1.54) is 31.4 Å². The van der Waals surface area contributed by atoms with Crippen LogP contribution in [0.2, 0.25) is 0 Å². The quantitative estimate of drug-likeness (QED) is 0.767. The van der Waals surface area contributed by atoms with Gasteiger partial charge in [-0.05, 0) is 36.5 Å². The number of nitrogens with two attached hydrogens (primary N) is 1. The molecular formula is C14H21FN2. The summed E-state index contributed by atoms with van der Waals surface area (Å²) in [5, 5.41) is 3.43. The Morgan fingerprint density at radius 3 is 2.71 bits per heavy atom. The van der Waals surface area contributed by atoms with Gasteiger partial charge in [0.15, 0.2) is 0 Å². The summed E-state index contributed by atoms with van der Waals surface area (Å²) < 4.78 is 13.3. The number of nitrogens with one attached hydrogen (secondary N) is 1.